The zero-order valence-corrected chi connectivity index (χ0v) is 13.8. The molecule has 0 aliphatic rings. The highest BCUT2D eigenvalue weighted by Gasteiger charge is 2.05. The molecule has 0 atom stereocenters. The number of benzene rings is 2. The largest absolute Gasteiger partial charge is 0.381 e. The number of anilines is 1. The lowest BCUT2D eigenvalue weighted by molar-refractivity contribution is 1.09. The molecule has 25 heavy (non-hydrogen) atoms. The van der Waals surface area contributed by atoms with E-state index in [1.807, 2.05) is 30.3 Å². The first kappa shape index (κ1) is 15.3. The third-order valence-electron chi connectivity index (χ3n) is 4.11. The first-order valence-corrected chi connectivity index (χ1v) is 8.08. The van der Waals surface area contributed by atoms with Gasteiger partial charge in [0.1, 0.15) is 11.8 Å². The van der Waals surface area contributed by atoms with Crippen LogP contribution in [0.2, 0.25) is 5.02 Å². The molecule has 2 aromatic carbocycles. The Morgan fingerprint density at radius 3 is 2.72 bits per heavy atom. The number of nitriles is 1. The van der Waals surface area contributed by atoms with Crippen molar-refractivity contribution in [2.75, 3.05) is 5.32 Å². The number of fused-ring (bicyclic) bond motifs is 2. The second kappa shape index (κ2) is 6.00. The molecule has 2 heterocycles. The van der Waals surface area contributed by atoms with Crippen molar-refractivity contribution in [3.63, 3.8) is 0 Å². The smallest absolute Gasteiger partial charge is 0.253 e. The van der Waals surface area contributed by atoms with Gasteiger partial charge in [0.15, 0.2) is 0 Å². The van der Waals surface area contributed by atoms with Crippen LogP contribution in [0.25, 0.3) is 21.8 Å². The van der Waals surface area contributed by atoms with Crippen LogP contribution in [0, 0.1) is 11.3 Å². The maximum absolute atomic E-state index is 12.2. The van der Waals surface area contributed by atoms with Crippen LogP contribution in [0.1, 0.15) is 11.3 Å². The number of nitrogens with zero attached hydrogens (tertiary/aromatic N) is 1. The standard InChI is InChI=1S/C19H13ClN4O/c20-14-2-4-17-12(6-14)5-13(19(25)24-17)10-22-15-3-1-11-7-16(9-21)23-18(11)8-15/h1-8,22-23H,10H2,(H,24,25). The molecule has 0 radical (unpaired) electrons. The molecule has 0 unspecified atom stereocenters. The minimum Gasteiger partial charge on any atom is -0.381 e. The van der Waals surface area contributed by atoms with Crippen LogP contribution in [0.15, 0.2) is 53.3 Å². The van der Waals surface area contributed by atoms with E-state index in [0.29, 0.717) is 22.8 Å². The van der Waals surface area contributed by atoms with Crippen LogP contribution in [-0.2, 0) is 6.54 Å². The normalized spacial score (nSPS) is 10.9. The molecule has 2 aromatic heterocycles. The Hall–Kier alpha value is -3.23. The molecular formula is C19H13ClN4O. The van der Waals surface area contributed by atoms with E-state index in [0.717, 1.165) is 27.5 Å². The van der Waals surface area contributed by atoms with Crippen LogP contribution in [0.5, 0.6) is 0 Å². The zero-order chi connectivity index (χ0) is 17.4. The molecule has 6 heteroatoms. The van der Waals surface area contributed by atoms with Gasteiger partial charge in [-0.1, -0.05) is 17.7 Å². The van der Waals surface area contributed by atoms with Gasteiger partial charge in [0.05, 0.1) is 0 Å². The summed E-state index contributed by atoms with van der Waals surface area (Å²) in [6, 6.07) is 16.9. The third-order valence-corrected chi connectivity index (χ3v) is 4.34. The van der Waals surface area contributed by atoms with Crippen LogP contribution in [-0.4, -0.2) is 9.97 Å². The van der Waals surface area contributed by atoms with E-state index in [9.17, 15) is 4.79 Å². The van der Waals surface area contributed by atoms with E-state index in [4.69, 9.17) is 16.9 Å². The van der Waals surface area contributed by atoms with Crippen molar-refractivity contribution in [2.45, 2.75) is 6.54 Å². The molecule has 122 valence electrons. The van der Waals surface area contributed by atoms with E-state index < -0.39 is 0 Å². The average Bonchev–Trinajstić information content (AvgIpc) is 3.02. The summed E-state index contributed by atoms with van der Waals surface area (Å²) in [4.78, 5) is 18.1. The van der Waals surface area contributed by atoms with Crippen LogP contribution < -0.4 is 10.9 Å². The summed E-state index contributed by atoms with van der Waals surface area (Å²) < 4.78 is 0. The van der Waals surface area contributed by atoms with Crippen LogP contribution in [0.3, 0.4) is 0 Å². The first-order valence-electron chi connectivity index (χ1n) is 7.70. The summed E-state index contributed by atoms with van der Waals surface area (Å²) in [5.41, 5.74) is 3.52. The van der Waals surface area contributed by atoms with Crippen molar-refractivity contribution in [1.29, 1.82) is 5.26 Å². The molecule has 0 saturated carbocycles. The van der Waals surface area contributed by atoms with E-state index in [-0.39, 0.29) is 5.56 Å². The fourth-order valence-corrected chi connectivity index (χ4v) is 3.03. The maximum atomic E-state index is 12.2. The number of hydrogen-bond donors (Lipinski definition) is 3. The molecular weight excluding hydrogens is 336 g/mol. The van der Waals surface area contributed by atoms with E-state index in [1.54, 1.807) is 18.2 Å². The monoisotopic (exact) mass is 348 g/mol. The van der Waals surface area contributed by atoms with Crippen LogP contribution >= 0.6 is 11.6 Å². The lowest BCUT2D eigenvalue weighted by Crippen LogP contribution is -2.15. The second-order valence-electron chi connectivity index (χ2n) is 5.81. The number of nitrogens with one attached hydrogen (secondary N) is 3. The molecule has 5 nitrogen and oxygen atoms in total. The lowest BCUT2D eigenvalue weighted by atomic mass is 10.1. The first-order chi connectivity index (χ1) is 12.1. The number of hydrogen-bond acceptors (Lipinski definition) is 3. The van der Waals surface area contributed by atoms with E-state index in [1.165, 1.54) is 0 Å². The molecule has 0 spiro atoms. The van der Waals surface area contributed by atoms with E-state index in [2.05, 4.69) is 21.4 Å². The quantitative estimate of drug-likeness (QED) is 0.520. The average molecular weight is 349 g/mol. The highest BCUT2D eigenvalue weighted by molar-refractivity contribution is 6.31. The SMILES string of the molecule is N#Cc1cc2ccc(NCc3cc4cc(Cl)ccc4[nH]c3=O)cc2[nH]1. The predicted octanol–water partition coefficient (Wildman–Crippen LogP) is 4.15. The Balaban J connectivity index is 1.62. The van der Waals surface area contributed by atoms with Gasteiger partial charge in [-0.25, -0.2) is 0 Å². The van der Waals surface area contributed by atoms with Gasteiger partial charge in [0, 0.05) is 44.6 Å². The Kier molecular flexibility index (Phi) is 3.68. The summed E-state index contributed by atoms with van der Waals surface area (Å²) in [5, 5.41) is 14.7. The minimum atomic E-state index is -0.130. The number of rotatable bonds is 3. The maximum Gasteiger partial charge on any atom is 0.253 e. The lowest BCUT2D eigenvalue weighted by Gasteiger charge is -2.07. The summed E-state index contributed by atoms with van der Waals surface area (Å²) in [6.45, 7) is 0.384. The number of H-pyrrole nitrogens is 2. The molecule has 0 aliphatic heterocycles. The molecule has 4 aromatic rings. The Labute approximate surface area is 147 Å². The molecule has 0 saturated heterocycles. The third kappa shape index (κ3) is 2.95. The molecule has 0 bridgehead atoms. The van der Waals surface area contributed by atoms with E-state index >= 15 is 0 Å². The van der Waals surface area contributed by atoms with Gasteiger partial charge in [-0.3, -0.25) is 4.79 Å². The highest BCUT2D eigenvalue weighted by atomic mass is 35.5. The fraction of sp³-hybridized carbons (Fsp3) is 0.0526. The van der Waals surface area contributed by atoms with Crippen LogP contribution in [0.4, 0.5) is 5.69 Å². The number of aromatic nitrogens is 2. The Morgan fingerprint density at radius 2 is 1.88 bits per heavy atom. The molecule has 0 amide bonds. The molecule has 4 rings (SSSR count). The van der Waals surface area contributed by atoms with Crippen molar-refractivity contribution in [1.82, 2.24) is 9.97 Å². The topological polar surface area (TPSA) is 84.5 Å². The zero-order valence-electron chi connectivity index (χ0n) is 13.1. The van der Waals surface area contributed by atoms with Gasteiger partial charge in [0.25, 0.3) is 5.56 Å². The predicted molar refractivity (Wildman–Crippen MR) is 99.9 cm³/mol. The summed E-state index contributed by atoms with van der Waals surface area (Å²) in [5.74, 6) is 0. The van der Waals surface area contributed by atoms with Gasteiger partial charge in [-0.05, 0) is 42.5 Å². The van der Waals surface area contributed by atoms with Crippen molar-refractivity contribution < 1.29 is 0 Å². The van der Waals surface area contributed by atoms with Gasteiger partial charge in [-0.15, -0.1) is 0 Å². The van der Waals surface area contributed by atoms with Crippen molar-refractivity contribution >= 4 is 39.1 Å². The fourth-order valence-electron chi connectivity index (χ4n) is 2.85. The Bertz CT molecular complexity index is 1200. The number of pyridine rings is 1. The second-order valence-corrected chi connectivity index (χ2v) is 6.24. The number of aromatic amines is 2. The van der Waals surface area contributed by atoms with Gasteiger partial charge < -0.3 is 15.3 Å². The summed E-state index contributed by atoms with van der Waals surface area (Å²) in [7, 11) is 0. The van der Waals surface area contributed by atoms with Gasteiger partial charge >= 0.3 is 0 Å². The summed E-state index contributed by atoms with van der Waals surface area (Å²) >= 11 is 6.02. The van der Waals surface area contributed by atoms with Crippen molar-refractivity contribution in [2.24, 2.45) is 0 Å². The molecule has 3 N–H and O–H groups in total. The highest BCUT2D eigenvalue weighted by Crippen LogP contribution is 2.21. The van der Waals surface area contributed by atoms with Crippen molar-refractivity contribution in [3.05, 3.63) is 75.2 Å². The number of halogens is 1. The van der Waals surface area contributed by atoms with Crippen molar-refractivity contribution in [3.8, 4) is 6.07 Å². The Morgan fingerprint density at radius 1 is 1.00 bits per heavy atom. The van der Waals surface area contributed by atoms with Gasteiger partial charge in [0.2, 0.25) is 0 Å². The molecule has 0 fully saturated rings. The summed E-state index contributed by atoms with van der Waals surface area (Å²) in [6.07, 6.45) is 0. The van der Waals surface area contributed by atoms with Gasteiger partial charge in [-0.2, -0.15) is 5.26 Å². The molecule has 0 aliphatic carbocycles. The minimum absolute atomic E-state index is 0.130.